The van der Waals surface area contributed by atoms with Crippen LogP contribution in [0.3, 0.4) is 0 Å². The van der Waals surface area contributed by atoms with E-state index in [1.165, 1.54) is 12.4 Å². The Morgan fingerprint density at radius 2 is 1.41 bits per heavy atom. The Bertz CT molecular complexity index is 732. The van der Waals surface area contributed by atoms with Crippen LogP contribution in [0.5, 0.6) is 0 Å². The van der Waals surface area contributed by atoms with Crippen LogP contribution in [0.25, 0.3) is 0 Å². The van der Waals surface area contributed by atoms with Crippen LogP contribution in [0.15, 0.2) is 65.4 Å². The number of hydrogen-bond donors (Lipinski definition) is 2. The van der Waals surface area contributed by atoms with Gasteiger partial charge in [0.05, 0.1) is 11.4 Å². The molecule has 3 rings (SSSR count). The first kappa shape index (κ1) is 14.5. The minimum absolute atomic E-state index is 0.332. The number of nitrogens with zero attached hydrogens (tertiary/aromatic N) is 2. The second-order valence-corrected chi connectivity index (χ2v) is 5.35. The van der Waals surface area contributed by atoms with Crippen molar-refractivity contribution in [3.8, 4) is 0 Å². The molecule has 110 valence electrons. The Hall–Kier alpha value is -2.47. The van der Waals surface area contributed by atoms with Gasteiger partial charge in [-0.15, -0.1) is 0 Å². The summed E-state index contributed by atoms with van der Waals surface area (Å²) in [6.45, 7) is 0. The maximum absolute atomic E-state index is 13.6. The summed E-state index contributed by atoms with van der Waals surface area (Å²) in [5, 5.41) is 6.12. The van der Waals surface area contributed by atoms with Crippen LogP contribution in [0.4, 0.5) is 27.4 Å². The molecule has 0 spiro atoms. The van der Waals surface area contributed by atoms with E-state index in [1.807, 2.05) is 24.3 Å². The van der Waals surface area contributed by atoms with E-state index >= 15 is 0 Å². The Balaban J connectivity index is 1.81. The molecule has 0 saturated carbocycles. The molecule has 0 amide bonds. The normalized spacial score (nSPS) is 10.3. The van der Waals surface area contributed by atoms with Crippen molar-refractivity contribution in [2.75, 3.05) is 10.6 Å². The van der Waals surface area contributed by atoms with Crippen LogP contribution < -0.4 is 10.6 Å². The first-order chi connectivity index (χ1) is 10.7. The number of rotatable bonds is 4. The average molecular weight is 359 g/mol. The van der Waals surface area contributed by atoms with E-state index in [2.05, 4.69) is 36.5 Å². The van der Waals surface area contributed by atoms with Crippen molar-refractivity contribution in [2.45, 2.75) is 0 Å². The molecule has 0 aliphatic heterocycles. The molecule has 22 heavy (non-hydrogen) atoms. The minimum atomic E-state index is -0.332. The van der Waals surface area contributed by atoms with E-state index in [1.54, 1.807) is 24.3 Å². The number of benzene rings is 2. The van der Waals surface area contributed by atoms with E-state index in [-0.39, 0.29) is 5.82 Å². The predicted octanol–water partition coefficient (Wildman–Crippen LogP) is 4.87. The first-order valence-corrected chi connectivity index (χ1v) is 7.37. The van der Waals surface area contributed by atoms with Gasteiger partial charge in [0.2, 0.25) is 0 Å². The fraction of sp³-hybridized carbons (Fsp3) is 0. The van der Waals surface area contributed by atoms with Gasteiger partial charge in [-0.25, -0.2) is 14.4 Å². The summed E-state index contributed by atoms with van der Waals surface area (Å²) >= 11 is 3.46. The Morgan fingerprint density at radius 3 is 2.09 bits per heavy atom. The molecular weight excluding hydrogens is 347 g/mol. The lowest BCUT2D eigenvalue weighted by molar-refractivity contribution is 0.632. The summed E-state index contributed by atoms with van der Waals surface area (Å²) in [6, 6.07) is 15.9. The summed E-state index contributed by atoms with van der Waals surface area (Å²) in [7, 11) is 0. The van der Waals surface area contributed by atoms with Gasteiger partial charge >= 0.3 is 0 Å². The number of anilines is 4. The Kier molecular flexibility index (Phi) is 4.29. The van der Waals surface area contributed by atoms with Gasteiger partial charge in [0.15, 0.2) is 0 Å². The van der Waals surface area contributed by atoms with Crippen molar-refractivity contribution in [1.82, 2.24) is 9.97 Å². The summed E-state index contributed by atoms with van der Waals surface area (Å²) in [5.41, 5.74) is 1.26. The fourth-order valence-electron chi connectivity index (χ4n) is 1.90. The van der Waals surface area contributed by atoms with Crippen LogP contribution >= 0.6 is 15.9 Å². The smallest absolute Gasteiger partial charge is 0.146 e. The second kappa shape index (κ2) is 6.53. The molecule has 1 heterocycles. The minimum Gasteiger partial charge on any atom is -0.339 e. The number of para-hydroxylation sites is 2. The molecule has 0 aliphatic rings. The van der Waals surface area contributed by atoms with Crippen molar-refractivity contribution < 1.29 is 4.39 Å². The van der Waals surface area contributed by atoms with Crippen molar-refractivity contribution >= 4 is 38.9 Å². The van der Waals surface area contributed by atoms with Gasteiger partial charge in [-0.1, -0.05) is 24.3 Å². The second-order valence-electron chi connectivity index (χ2n) is 4.50. The third-order valence-electron chi connectivity index (χ3n) is 2.94. The van der Waals surface area contributed by atoms with Crippen molar-refractivity contribution in [3.05, 3.63) is 71.2 Å². The maximum Gasteiger partial charge on any atom is 0.146 e. The topological polar surface area (TPSA) is 49.8 Å². The third kappa shape index (κ3) is 3.40. The standard InChI is InChI=1S/C16H12BrFN4/c17-11-5-1-3-7-13(11)21-15-9-16(20-10-19-15)22-14-8-4-2-6-12(14)18/h1-10H,(H2,19,20,21,22). The van der Waals surface area contributed by atoms with E-state index in [0.717, 1.165) is 10.2 Å². The highest BCUT2D eigenvalue weighted by Gasteiger charge is 2.05. The van der Waals surface area contributed by atoms with Crippen LogP contribution in [-0.4, -0.2) is 9.97 Å². The van der Waals surface area contributed by atoms with Crippen LogP contribution in [0.2, 0.25) is 0 Å². The highest BCUT2D eigenvalue weighted by Crippen LogP contribution is 2.25. The molecule has 0 radical (unpaired) electrons. The molecule has 2 aromatic carbocycles. The lowest BCUT2D eigenvalue weighted by atomic mass is 10.3. The monoisotopic (exact) mass is 358 g/mol. The van der Waals surface area contributed by atoms with Gasteiger partial charge in [-0.05, 0) is 40.2 Å². The number of hydrogen-bond acceptors (Lipinski definition) is 4. The molecule has 0 aliphatic carbocycles. The summed E-state index contributed by atoms with van der Waals surface area (Å²) < 4.78 is 14.6. The van der Waals surface area contributed by atoms with Crippen molar-refractivity contribution in [3.63, 3.8) is 0 Å². The van der Waals surface area contributed by atoms with Gasteiger partial charge < -0.3 is 10.6 Å². The fourth-order valence-corrected chi connectivity index (χ4v) is 2.28. The largest absolute Gasteiger partial charge is 0.339 e. The number of aromatic nitrogens is 2. The molecule has 0 fully saturated rings. The van der Waals surface area contributed by atoms with Gasteiger partial charge in [0, 0.05) is 10.5 Å². The van der Waals surface area contributed by atoms with Crippen molar-refractivity contribution in [2.24, 2.45) is 0 Å². The van der Waals surface area contributed by atoms with Crippen LogP contribution in [-0.2, 0) is 0 Å². The van der Waals surface area contributed by atoms with Gasteiger partial charge in [0.25, 0.3) is 0 Å². The van der Waals surface area contributed by atoms with Crippen molar-refractivity contribution in [1.29, 1.82) is 0 Å². The zero-order valence-electron chi connectivity index (χ0n) is 11.4. The lowest BCUT2D eigenvalue weighted by Crippen LogP contribution is -2.00. The Labute approximate surface area is 135 Å². The third-order valence-corrected chi connectivity index (χ3v) is 3.63. The number of halogens is 2. The van der Waals surface area contributed by atoms with E-state index in [9.17, 15) is 4.39 Å². The molecular formula is C16H12BrFN4. The molecule has 0 bridgehead atoms. The van der Waals surface area contributed by atoms with E-state index in [0.29, 0.717) is 17.3 Å². The SMILES string of the molecule is Fc1ccccc1Nc1cc(Nc2ccccc2Br)ncn1. The van der Waals surface area contributed by atoms with Gasteiger partial charge in [-0.3, -0.25) is 0 Å². The number of nitrogens with one attached hydrogen (secondary N) is 2. The average Bonchev–Trinajstić information content (AvgIpc) is 2.52. The van der Waals surface area contributed by atoms with E-state index in [4.69, 9.17) is 0 Å². The first-order valence-electron chi connectivity index (χ1n) is 6.57. The zero-order chi connectivity index (χ0) is 15.4. The highest BCUT2D eigenvalue weighted by atomic mass is 79.9. The summed E-state index contributed by atoms with van der Waals surface area (Å²) in [5.74, 6) is 0.789. The summed E-state index contributed by atoms with van der Waals surface area (Å²) in [4.78, 5) is 8.26. The molecule has 1 aromatic heterocycles. The van der Waals surface area contributed by atoms with E-state index < -0.39 is 0 Å². The molecule has 2 N–H and O–H groups in total. The van der Waals surface area contributed by atoms with Gasteiger partial charge in [-0.2, -0.15) is 0 Å². The highest BCUT2D eigenvalue weighted by molar-refractivity contribution is 9.10. The zero-order valence-corrected chi connectivity index (χ0v) is 13.0. The van der Waals surface area contributed by atoms with Crippen LogP contribution in [0, 0.1) is 5.82 Å². The predicted molar refractivity (Wildman–Crippen MR) is 89.1 cm³/mol. The molecule has 6 heteroatoms. The molecule has 0 atom stereocenters. The summed E-state index contributed by atoms with van der Waals surface area (Å²) in [6.07, 6.45) is 1.42. The Morgan fingerprint density at radius 1 is 0.818 bits per heavy atom. The lowest BCUT2D eigenvalue weighted by Gasteiger charge is -2.10. The van der Waals surface area contributed by atoms with Crippen LogP contribution in [0.1, 0.15) is 0 Å². The quantitative estimate of drug-likeness (QED) is 0.698. The molecule has 4 nitrogen and oxygen atoms in total. The van der Waals surface area contributed by atoms with Gasteiger partial charge in [0.1, 0.15) is 23.8 Å². The molecule has 0 saturated heterocycles. The molecule has 0 unspecified atom stereocenters. The maximum atomic E-state index is 13.6. The molecule has 3 aromatic rings.